The van der Waals surface area contributed by atoms with Crippen molar-refractivity contribution in [2.24, 2.45) is 0 Å². The Hall–Kier alpha value is -2.16. The van der Waals surface area contributed by atoms with Crippen molar-refractivity contribution < 1.29 is 5.11 Å². The van der Waals surface area contributed by atoms with Crippen LogP contribution in [-0.4, -0.2) is 15.1 Å². The summed E-state index contributed by atoms with van der Waals surface area (Å²) in [6.45, 7) is 6.45. The Balaban J connectivity index is 2.46. The summed E-state index contributed by atoms with van der Waals surface area (Å²) in [7, 11) is 0. The molecule has 2 aromatic carbocycles. The second kappa shape index (κ2) is 3.92. The molecule has 0 aliphatic heterocycles. The van der Waals surface area contributed by atoms with Gasteiger partial charge < -0.3 is 5.11 Å². The van der Waals surface area contributed by atoms with Crippen molar-refractivity contribution in [3.8, 4) is 5.75 Å². The van der Waals surface area contributed by atoms with Gasteiger partial charge in [-0.05, 0) is 29.2 Å². The first kappa shape index (κ1) is 11.9. The van der Waals surface area contributed by atoms with Gasteiger partial charge in [-0.25, -0.2) is 9.97 Å². The van der Waals surface area contributed by atoms with Gasteiger partial charge in [0.25, 0.3) is 0 Å². The summed E-state index contributed by atoms with van der Waals surface area (Å²) in [6, 6.07) is 11.3. The zero-order chi connectivity index (χ0) is 13.6. The summed E-state index contributed by atoms with van der Waals surface area (Å²) in [6.07, 6.45) is 0. The Morgan fingerprint density at radius 1 is 0.842 bits per heavy atom. The molecule has 3 nitrogen and oxygen atoms in total. The number of phenolic OH excluding ortho intramolecular Hbond substituents is 1. The van der Waals surface area contributed by atoms with Crippen LogP contribution in [0.4, 0.5) is 0 Å². The summed E-state index contributed by atoms with van der Waals surface area (Å²) < 4.78 is 0. The molecule has 0 bridgehead atoms. The van der Waals surface area contributed by atoms with E-state index in [0.29, 0.717) is 5.52 Å². The number of para-hydroxylation sites is 2. The van der Waals surface area contributed by atoms with Gasteiger partial charge in [0.05, 0.1) is 16.6 Å². The standard InChI is InChI=1S/C16H16N2O/c1-16(2,3)10-6-4-7-11-14(10)18-15-12(17-11)8-5-9-13(15)19/h4-9,19H,1-3H3. The molecule has 0 aliphatic carbocycles. The highest BCUT2D eigenvalue weighted by Crippen LogP contribution is 2.30. The molecular weight excluding hydrogens is 236 g/mol. The van der Waals surface area contributed by atoms with Crippen molar-refractivity contribution in [2.45, 2.75) is 26.2 Å². The van der Waals surface area contributed by atoms with Crippen LogP contribution in [0, 0.1) is 0 Å². The number of fused-ring (bicyclic) bond motifs is 2. The number of aromatic nitrogens is 2. The fourth-order valence-corrected chi connectivity index (χ4v) is 2.31. The third-order valence-electron chi connectivity index (χ3n) is 3.28. The van der Waals surface area contributed by atoms with E-state index < -0.39 is 0 Å². The van der Waals surface area contributed by atoms with Crippen molar-refractivity contribution in [3.05, 3.63) is 42.0 Å². The van der Waals surface area contributed by atoms with Gasteiger partial charge in [0.2, 0.25) is 0 Å². The van der Waals surface area contributed by atoms with E-state index in [0.717, 1.165) is 22.1 Å². The number of benzene rings is 2. The molecule has 0 aliphatic rings. The fourth-order valence-electron chi connectivity index (χ4n) is 2.31. The van der Waals surface area contributed by atoms with Gasteiger partial charge >= 0.3 is 0 Å². The van der Waals surface area contributed by atoms with Crippen LogP contribution in [0.1, 0.15) is 26.3 Å². The molecule has 1 heterocycles. The summed E-state index contributed by atoms with van der Waals surface area (Å²) in [5.41, 5.74) is 4.15. The van der Waals surface area contributed by atoms with Crippen molar-refractivity contribution in [3.63, 3.8) is 0 Å². The third-order valence-corrected chi connectivity index (χ3v) is 3.28. The van der Waals surface area contributed by atoms with E-state index in [1.54, 1.807) is 12.1 Å². The molecule has 0 unspecified atom stereocenters. The predicted molar refractivity (Wildman–Crippen MR) is 77.4 cm³/mol. The van der Waals surface area contributed by atoms with Gasteiger partial charge in [-0.15, -0.1) is 0 Å². The molecule has 0 spiro atoms. The molecule has 1 N–H and O–H groups in total. The van der Waals surface area contributed by atoms with Crippen LogP contribution in [0.25, 0.3) is 22.1 Å². The van der Waals surface area contributed by atoms with Gasteiger partial charge in [0.1, 0.15) is 11.3 Å². The van der Waals surface area contributed by atoms with Crippen molar-refractivity contribution >= 4 is 22.1 Å². The normalized spacial score (nSPS) is 12.2. The summed E-state index contributed by atoms with van der Waals surface area (Å²) in [5, 5.41) is 9.92. The van der Waals surface area contributed by atoms with E-state index in [1.165, 1.54) is 0 Å². The van der Waals surface area contributed by atoms with Crippen LogP contribution in [0.15, 0.2) is 36.4 Å². The van der Waals surface area contributed by atoms with Gasteiger partial charge in [-0.3, -0.25) is 0 Å². The summed E-state index contributed by atoms with van der Waals surface area (Å²) >= 11 is 0. The second-order valence-electron chi connectivity index (χ2n) is 5.79. The predicted octanol–water partition coefficient (Wildman–Crippen LogP) is 3.79. The Labute approximate surface area is 111 Å². The molecule has 0 fully saturated rings. The molecule has 3 rings (SSSR count). The van der Waals surface area contributed by atoms with Crippen molar-refractivity contribution in [1.29, 1.82) is 0 Å². The summed E-state index contributed by atoms with van der Waals surface area (Å²) in [4.78, 5) is 9.22. The molecule has 0 saturated heterocycles. The number of rotatable bonds is 0. The highest BCUT2D eigenvalue weighted by atomic mass is 16.3. The maximum Gasteiger partial charge on any atom is 0.143 e. The molecule has 1 aromatic heterocycles. The minimum atomic E-state index is -0.00767. The minimum Gasteiger partial charge on any atom is -0.506 e. The van der Waals surface area contributed by atoms with Crippen LogP contribution in [0.3, 0.4) is 0 Å². The van der Waals surface area contributed by atoms with Crippen LogP contribution in [-0.2, 0) is 5.41 Å². The average molecular weight is 252 g/mol. The molecule has 3 heteroatoms. The molecule has 19 heavy (non-hydrogen) atoms. The Morgan fingerprint density at radius 3 is 2.16 bits per heavy atom. The van der Waals surface area contributed by atoms with E-state index in [4.69, 9.17) is 0 Å². The van der Waals surface area contributed by atoms with E-state index >= 15 is 0 Å². The topological polar surface area (TPSA) is 46.0 Å². The van der Waals surface area contributed by atoms with Crippen LogP contribution < -0.4 is 0 Å². The lowest BCUT2D eigenvalue weighted by atomic mass is 9.86. The first-order valence-electron chi connectivity index (χ1n) is 6.36. The molecule has 0 amide bonds. The highest BCUT2D eigenvalue weighted by molar-refractivity contribution is 5.91. The van der Waals surface area contributed by atoms with Crippen LogP contribution >= 0.6 is 0 Å². The zero-order valence-electron chi connectivity index (χ0n) is 11.3. The maximum atomic E-state index is 9.92. The first-order valence-corrected chi connectivity index (χ1v) is 6.36. The average Bonchev–Trinajstić information content (AvgIpc) is 2.35. The monoisotopic (exact) mass is 252 g/mol. The van der Waals surface area contributed by atoms with E-state index in [2.05, 4.69) is 36.8 Å². The van der Waals surface area contributed by atoms with Crippen molar-refractivity contribution in [2.75, 3.05) is 0 Å². The minimum absolute atomic E-state index is 0.00767. The summed E-state index contributed by atoms with van der Waals surface area (Å²) in [5.74, 6) is 0.176. The van der Waals surface area contributed by atoms with Gasteiger partial charge in [-0.1, -0.05) is 39.0 Å². The number of aromatic hydroxyl groups is 1. The van der Waals surface area contributed by atoms with Crippen LogP contribution in [0.5, 0.6) is 5.75 Å². The van der Waals surface area contributed by atoms with Gasteiger partial charge in [0.15, 0.2) is 0 Å². The number of hydrogen-bond donors (Lipinski definition) is 1. The zero-order valence-corrected chi connectivity index (χ0v) is 11.3. The lowest BCUT2D eigenvalue weighted by Gasteiger charge is -2.20. The molecule has 96 valence electrons. The largest absolute Gasteiger partial charge is 0.506 e. The Bertz CT molecular complexity index is 773. The van der Waals surface area contributed by atoms with Gasteiger partial charge in [-0.2, -0.15) is 0 Å². The Morgan fingerprint density at radius 2 is 1.47 bits per heavy atom. The quantitative estimate of drug-likeness (QED) is 0.619. The number of nitrogens with zero attached hydrogens (tertiary/aromatic N) is 2. The fraction of sp³-hybridized carbons (Fsp3) is 0.250. The first-order chi connectivity index (χ1) is 8.97. The molecule has 0 atom stereocenters. The lowest BCUT2D eigenvalue weighted by molar-refractivity contribution is 0.480. The lowest BCUT2D eigenvalue weighted by Crippen LogP contribution is -2.12. The van der Waals surface area contributed by atoms with Crippen LogP contribution in [0.2, 0.25) is 0 Å². The number of hydrogen-bond acceptors (Lipinski definition) is 3. The molecule has 0 saturated carbocycles. The van der Waals surface area contributed by atoms with Gasteiger partial charge in [0, 0.05) is 0 Å². The highest BCUT2D eigenvalue weighted by Gasteiger charge is 2.18. The molecule has 3 aromatic rings. The second-order valence-corrected chi connectivity index (χ2v) is 5.79. The number of phenols is 1. The molecular formula is C16H16N2O. The van der Waals surface area contributed by atoms with Crippen molar-refractivity contribution in [1.82, 2.24) is 9.97 Å². The smallest absolute Gasteiger partial charge is 0.143 e. The SMILES string of the molecule is CC(C)(C)c1cccc2nc3cccc(O)c3nc12. The van der Waals surface area contributed by atoms with E-state index in [9.17, 15) is 5.11 Å². The van der Waals surface area contributed by atoms with E-state index in [-0.39, 0.29) is 11.2 Å². The van der Waals surface area contributed by atoms with E-state index in [1.807, 2.05) is 18.2 Å². The molecule has 0 radical (unpaired) electrons. The third kappa shape index (κ3) is 1.91. The Kier molecular flexibility index (Phi) is 2.45. The maximum absolute atomic E-state index is 9.92.